The molecule has 0 saturated carbocycles. The van der Waals surface area contributed by atoms with Gasteiger partial charge in [0.15, 0.2) is 11.5 Å². The molecule has 0 aromatic heterocycles. The van der Waals surface area contributed by atoms with Gasteiger partial charge >= 0.3 is 0 Å². The first-order valence-corrected chi connectivity index (χ1v) is 11.4. The zero-order valence-electron chi connectivity index (χ0n) is 17.5. The Hall–Kier alpha value is -3.35. The van der Waals surface area contributed by atoms with Gasteiger partial charge in [0.2, 0.25) is 0 Å². The number of rotatable bonds is 2. The molecule has 6 nitrogen and oxygen atoms in total. The van der Waals surface area contributed by atoms with E-state index in [2.05, 4.69) is 33.7 Å². The van der Waals surface area contributed by atoms with Crippen molar-refractivity contribution in [3.05, 3.63) is 87.9 Å². The third kappa shape index (κ3) is 3.75. The number of halogens is 2. The number of nitrogens with one attached hydrogen (secondary N) is 2. The van der Waals surface area contributed by atoms with E-state index in [1.165, 1.54) is 0 Å². The Balaban J connectivity index is 1.35. The van der Waals surface area contributed by atoms with Gasteiger partial charge in [0.1, 0.15) is 31.9 Å². The van der Waals surface area contributed by atoms with Gasteiger partial charge < -0.3 is 25.0 Å². The van der Waals surface area contributed by atoms with E-state index in [0.29, 0.717) is 29.9 Å². The first-order chi connectivity index (χ1) is 16.2. The Labute approximate surface area is 201 Å². The van der Waals surface area contributed by atoms with Crippen molar-refractivity contribution >= 4 is 46.1 Å². The molecule has 33 heavy (non-hydrogen) atoms. The van der Waals surface area contributed by atoms with Gasteiger partial charge in [-0.25, -0.2) is 4.99 Å². The predicted octanol–water partition coefficient (Wildman–Crippen LogP) is 6.01. The minimum atomic E-state index is -0.171. The van der Waals surface area contributed by atoms with E-state index in [9.17, 15) is 0 Å². The van der Waals surface area contributed by atoms with Gasteiger partial charge in [0.05, 0.1) is 5.70 Å². The molecule has 1 atom stereocenters. The normalized spacial score (nSPS) is 18.4. The molecule has 3 aliphatic heterocycles. The zero-order chi connectivity index (χ0) is 22.4. The number of fused-ring (bicyclic) bond motifs is 4. The third-order valence-corrected chi connectivity index (χ3v) is 6.42. The Morgan fingerprint density at radius 3 is 2.70 bits per heavy atom. The van der Waals surface area contributed by atoms with Gasteiger partial charge in [-0.1, -0.05) is 47.5 Å². The van der Waals surface area contributed by atoms with Crippen LogP contribution in [0.5, 0.6) is 11.5 Å². The number of para-hydroxylation sites is 1. The fraction of sp³-hybridized carbons (Fsp3) is 0.160. The van der Waals surface area contributed by atoms with Crippen LogP contribution in [0.15, 0.2) is 71.7 Å². The van der Waals surface area contributed by atoms with Crippen LogP contribution in [-0.2, 0) is 0 Å². The summed E-state index contributed by atoms with van der Waals surface area (Å²) in [5.74, 6) is 2.27. The highest BCUT2D eigenvalue weighted by Gasteiger charge is 2.33. The smallest absolute Gasteiger partial charge is 0.163 e. The number of aliphatic imine (C=N–C) groups is 1. The standard InChI is InChI=1S/C25H20Cl2N4O2/c26-15-5-7-17(19(27)11-15)25-30-20-4-2-1-3-18(20)21-13-24(28-14-31(21)25)29-16-6-8-22-23(12-16)33-10-9-32-22/h1-8,11-13,25,30H,9-10,14H2,(H,28,29). The Bertz CT molecular complexity index is 1310. The fourth-order valence-electron chi connectivity index (χ4n) is 4.31. The minimum absolute atomic E-state index is 0.171. The summed E-state index contributed by atoms with van der Waals surface area (Å²) >= 11 is 12.7. The molecule has 3 aliphatic rings. The molecule has 0 spiro atoms. The Morgan fingerprint density at radius 1 is 0.970 bits per heavy atom. The monoisotopic (exact) mass is 478 g/mol. The molecule has 0 saturated heterocycles. The number of amidine groups is 1. The highest BCUT2D eigenvalue weighted by molar-refractivity contribution is 6.35. The summed E-state index contributed by atoms with van der Waals surface area (Å²) < 4.78 is 11.3. The molecule has 2 N–H and O–H groups in total. The SMILES string of the molecule is Clc1ccc(C2Nc3ccccc3C3=CC(Nc4ccc5c(c4)OCCO5)=NCN32)c(Cl)c1. The lowest BCUT2D eigenvalue weighted by Crippen LogP contribution is -2.39. The lowest BCUT2D eigenvalue weighted by molar-refractivity contribution is 0.171. The second-order valence-electron chi connectivity index (χ2n) is 7.93. The molecule has 0 bridgehead atoms. The van der Waals surface area contributed by atoms with E-state index in [1.54, 1.807) is 6.07 Å². The Morgan fingerprint density at radius 2 is 1.82 bits per heavy atom. The van der Waals surface area contributed by atoms with Crippen LogP contribution in [0.1, 0.15) is 17.3 Å². The average molecular weight is 479 g/mol. The maximum absolute atomic E-state index is 6.57. The first kappa shape index (κ1) is 20.3. The van der Waals surface area contributed by atoms with Crippen LogP contribution in [0.2, 0.25) is 10.0 Å². The zero-order valence-corrected chi connectivity index (χ0v) is 19.0. The molecule has 6 rings (SSSR count). The van der Waals surface area contributed by atoms with E-state index < -0.39 is 0 Å². The number of anilines is 2. The summed E-state index contributed by atoms with van der Waals surface area (Å²) in [7, 11) is 0. The number of hydrogen-bond donors (Lipinski definition) is 2. The van der Waals surface area contributed by atoms with Crippen LogP contribution in [0, 0.1) is 0 Å². The second-order valence-corrected chi connectivity index (χ2v) is 8.77. The van der Waals surface area contributed by atoms with Crippen LogP contribution in [0.3, 0.4) is 0 Å². The molecule has 0 fully saturated rings. The maximum atomic E-state index is 6.57. The van der Waals surface area contributed by atoms with Crippen molar-refractivity contribution in [2.24, 2.45) is 4.99 Å². The van der Waals surface area contributed by atoms with Crippen molar-refractivity contribution in [1.29, 1.82) is 0 Å². The van der Waals surface area contributed by atoms with Gasteiger partial charge in [-0.3, -0.25) is 0 Å². The summed E-state index contributed by atoms with van der Waals surface area (Å²) in [4.78, 5) is 6.99. The van der Waals surface area contributed by atoms with Crippen LogP contribution in [0.25, 0.3) is 5.70 Å². The van der Waals surface area contributed by atoms with Gasteiger partial charge in [-0.05, 0) is 30.3 Å². The van der Waals surface area contributed by atoms with Crippen molar-refractivity contribution in [1.82, 2.24) is 4.90 Å². The number of benzene rings is 3. The van der Waals surface area contributed by atoms with Crippen LogP contribution >= 0.6 is 23.2 Å². The van der Waals surface area contributed by atoms with Crippen molar-refractivity contribution < 1.29 is 9.47 Å². The second kappa shape index (κ2) is 8.21. The minimum Gasteiger partial charge on any atom is -0.486 e. The highest BCUT2D eigenvalue weighted by Crippen LogP contribution is 2.43. The fourth-order valence-corrected chi connectivity index (χ4v) is 4.82. The first-order valence-electron chi connectivity index (χ1n) is 10.7. The number of ether oxygens (including phenoxy) is 2. The van der Waals surface area contributed by atoms with E-state index in [-0.39, 0.29) is 6.17 Å². The van der Waals surface area contributed by atoms with Crippen LogP contribution in [-0.4, -0.2) is 30.6 Å². The van der Waals surface area contributed by atoms with Crippen LogP contribution in [0.4, 0.5) is 11.4 Å². The molecule has 3 aromatic carbocycles. The van der Waals surface area contributed by atoms with Gasteiger partial charge in [0, 0.05) is 44.7 Å². The summed E-state index contributed by atoms with van der Waals surface area (Å²) in [6.45, 7) is 1.58. The molecule has 3 aromatic rings. The van der Waals surface area contributed by atoms with E-state index >= 15 is 0 Å². The summed E-state index contributed by atoms with van der Waals surface area (Å²) in [6, 6.07) is 19.6. The number of hydrogen-bond acceptors (Lipinski definition) is 6. The maximum Gasteiger partial charge on any atom is 0.163 e. The number of nitrogens with zero attached hydrogens (tertiary/aromatic N) is 2. The molecule has 0 amide bonds. The molecular formula is C25H20Cl2N4O2. The van der Waals surface area contributed by atoms with Crippen molar-refractivity contribution in [2.75, 3.05) is 30.5 Å². The average Bonchev–Trinajstić information content (AvgIpc) is 2.84. The molecule has 0 radical (unpaired) electrons. The van der Waals surface area contributed by atoms with E-state index in [4.69, 9.17) is 37.7 Å². The summed E-state index contributed by atoms with van der Waals surface area (Å²) in [6.07, 6.45) is 1.90. The molecule has 8 heteroatoms. The molecule has 3 heterocycles. The quantitative estimate of drug-likeness (QED) is 0.471. The van der Waals surface area contributed by atoms with E-state index in [0.717, 1.165) is 45.5 Å². The lowest BCUT2D eigenvalue weighted by Gasteiger charge is -2.42. The lowest BCUT2D eigenvalue weighted by atomic mass is 10.00. The van der Waals surface area contributed by atoms with Crippen LogP contribution < -0.4 is 20.1 Å². The molecule has 1 unspecified atom stereocenters. The third-order valence-electron chi connectivity index (χ3n) is 5.85. The summed E-state index contributed by atoms with van der Waals surface area (Å²) in [5, 5.41) is 8.25. The highest BCUT2D eigenvalue weighted by atomic mass is 35.5. The molecule has 166 valence electrons. The van der Waals surface area contributed by atoms with Crippen molar-refractivity contribution in [3.8, 4) is 11.5 Å². The van der Waals surface area contributed by atoms with E-state index in [1.807, 2.05) is 42.5 Å². The van der Waals surface area contributed by atoms with Crippen molar-refractivity contribution in [3.63, 3.8) is 0 Å². The molecule has 0 aliphatic carbocycles. The van der Waals surface area contributed by atoms with Gasteiger partial charge in [-0.2, -0.15) is 0 Å². The Kier molecular flexibility index (Phi) is 5.04. The summed E-state index contributed by atoms with van der Waals surface area (Å²) in [5.41, 5.74) is 5.05. The van der Waals surface area contributed by atoms with Gasteiger partial charge in [0.25, 0.3) is 0 Å². The van der Waals surface area contributed by atoms with Gasteiger partial charge in [-0.15, -0.1) is 0 Å². The van der Waals surface area contributed by atoms with Crippen molar-refractivity contribution in [2.45, 2.75) is 6.17 Å². The molecular weight excluding hydrogens is 459 g/mol. The predicted molar refractivity (Wildman–Crippen MR) is 132 cm³/mol. The topological polar surface area (TPSA) is 58.1 Å². The largest absolute Gasteiger partial charge is 0.486 e.